The van der Waals surface area contributed by atoms with E-state index in [9.17, 15) is 42.9 Å². The summed E-state index contributed by atoms with van der Waals surface area (Å²) in [4.78, 5) is 38.8. The van der Waals surface area contributed by atoms with Crippen LogP contribution >= 0.6 is 0 Å². The lowest BCUT2D eigenvalue weighted by Gasteiger charge is -2.33. The Balaban J connectivity index is 1.99. The average Bonchev–Trinajstić information content (AvgIpc) is 2.97. The van der Waals surface area contributed by atoms with Crippen LogP contribution in [0.1, 0.15) is 35.3 Å². The first kappa shape index (κ1) is 27.0. The lowest BCUT2D eigenvalue weighted by Crippen LogP contribution is -2.58. The highest BCUT2D eigenvalue weighted by Crippen LogP contribution is 2.48. The van der Waals surface area contributed by atoms with E-state index in [4.69, 9.17) is 0 Å². The molecule has 3 atom stereocenters. The zero-order chi connectivity index (χ0) is 27.0. The van der Waals surface area contributed by atoms with Crippen LogP contribution in [0, 0.1) is 18.2 Å². The number of benzene rings is 2. The molecule has 1 fully saturated rings. The largest absolute Gasteiger partial charge is 0.508 e. The zero-order valence-corrected chi connectivity index (χ0v) is 19.8. The van der Waals surface area contributed by atoms with Crippen LogP contribution in [0.25, 0.3) is 0 Å². The molecule has 11 heteroatoms. The van der Waals surface area contributed by atoms with Crippen molar-refractivity contribution < 1.29 is 42.9 Å². The quantitative estimate of drug-likeness (QED) is 0.455. The van der Waals surface area contributed by atoms with E-state index >= 15 is 0 Å². The van der Waals surface area contributed by atoms with Gasteiger partial charge in [-0.3, -0.25) is 9.59 Å². The molecule has 0 aliphatic carbocycles. The second-order valence-electron chi connectivity index (χ2n) is 9.44. The number of aliphatic hydroxyl groups excluding tert-OH is 1. The highest BCUT2D eigenvalue weighted by molar-refractivity contribution is 6.00. The first-order valence-electron chi connectivity index (χ1n) is 11.1. The van der Waals surface area contributed by atoms with E-state index in [2.05, 4.69) is 5.32 Å². The maximum Gasteiger partial charge on any atom is 0.327 e. The van der Waals surface area contributed by atoms with E-state index < -0.39 is 59.7 Å². The Hall–Kier alpha value is -3.60. The van der Waals surface area contributed by atoms with Crippen molar-refractivity contribution in [3.05, 3.63) is 65.0 Å². The Morgan fingerprint density at radius 3 is 2.42 bits per heavy atom. The van der Waals surface area contributed by atoms with E-state index in [0.29, 0.717) is 4.90 Å². The minimum atomic E-state index is -3.57. The van der Waals surface area contributed by atoms with Crippen LogP contribution in [0.15, 0.2) is 42.5 Å². The van der Waals surface area contributed by atoms with Crippen LogP contribution in [0.3, 0.4) is 0 Å². The van der Waals surface area contributed by atoms with Crippen LogP contribution in [-0.2, 0) is 16.0 Å². The van der Waals surface area contributed by atoms with E-state index in [0.717, 1.165) is 26.0 Å². The average molecular weight is 508 g/mol. The smallest absolute Gasteiger partial charge is 0.327 e. The molecule has 36 heavy (non-hydrogen) atoms. The number of likely N-dealkylation sites (tertiary alicyclic amines) is 1. The molecule has 4 N–H and O–H groups in total. The van der Waals surface area contributed by atoms with Crippen LogP contribution in [0.2, 0.25) is 0 Å². The van der Waals surface area contributed by atoms with Crippen molar-refractivity contribution in [2.24, 2.45) is 5.41 Å². The third-order valence-electron chi connectivity index (χ3n) is 6.64. The van der Waals surface area contributed by atoms with Gasteiger partial charge in [0.25, 0.3) is 11.8 Å². The van der Waals surface area contributed by atoms with E-state index in [1.165, 1.54) is 37.3 Å². The summed E-state index contributed by atoms with van der Waals surface area (Å²) >= 11 is 0. The number of aliphatic carboxylic acids is 1. The maximum absolute atomic E-state index is 14.7. The number of phenolic OH excluding ortho intramolecular Hbond substituents is 1. The lowest BCUT2D eigenvalue weighted by molar-refractivity contribution is -0.154. The Bertz CT molecular complexity index is 1190. The van der Waals surface area contributed by atoms with Crippen LogP contribution in [0.5, 0.6) is 5.75 Å². The minimum absolute atomic E-state index is 0.0485. The Morgan fingerprint density at radius 1 is 1.17 bits per heavy atom. The van der Waals surface area contributed by atoms with E-state index in [1.807, 2.05) is 0 Å². The number of hydrogen-bond acceptors (Lipinski definition) is 5. The molecule has 0 unspecified atom stereocenters. The number of phenols is 1. The molecule has 194 valence electrons. The SMILES string of the molecule is Cc1c(O)cccc1C(=O)N[C@H](C(=O)N1CC(F)(F)C(C)(C)[C@H]1C(=O)O)[C@@H](O)Cc1cccc(F)c1. The number of nitrogens with zero attached hydrogens (tertiary/aromatic N) is 1. The van der Waals surface area contributed by atoms with Crippen molar-refractivity contribution >= 4 is 17.8 Å². The normalized spacial score (nSPS) is 20.0. The molecule has 3 rings (SSSR count). The Kier molecular flexibility index (Phi) is 7.35. The molecule has 0 bridgehead atoms. The number of amides is 2. The Labute approximate surface area is 205 Å². The predicted octanol–water partition coefficient (Wildman–Crippen LogP) is 2.50. The van der Waals surface area contributed by atoms with E-state index in [1.54, 1.807) is 0 Å². The number of nitrogens with one attached hydrogen (secondary N) is 1. The number of hydrogen-bond donors (Lipinski definition) is 4. The Morgan fingerprint density at radius 2 is 1.81 bits per heavy atom. The zero-order valence-electron chi connectivity index (χ0n) is 19.8. The second kappa shape index (κ2) is 9.81. The van der Waals surface area contributed by atoms with Gasteiger partial charge in [-0.05, 0) is 36.8 Å². The van der Waals surface area contributed by atoms with Gasteiger partial charge in [-0.25, -0.2) is 18.0 Å². The number of carbonyl (C=O) groups excluding carboxylic acids is 2. The standard InChI is InChI=1S/C25H27F3N2O6/c1-13-16(8-5-9-17(13)31)21(33)29-19(18(32)11-14-6-4-7-15(26)10-14)22(34)30-12-25(27,28)24(2,3)20(30)23(35)36/h4-10,18-20,31-32H,11-12H2,1-3H3,(H,29,33)(H,35,36)/t18-,19-,20+/m0/s1. The van der Waals surface area contributed by atoms with Crippen molar-refractivity contribution in [1.82, 2.24) is 10.2 Å². The highest BCUT2D eigenvalue weighted by Gasteiger charge is 2.65. The van der Waals surface area contributed by atoms with Gasteiger partial charge >= 0.3 is 5.97 Å². The van der Waals surface area contributed by atoms with Gasteiger partial charge in [-0.2, -0.15) is 0 Å². The lowest BCUT2D eigenvalue weighted by atomic mass is 9.81. The third-order valence-corrected chi connectivity index (χ3v) is 6.64. The highest BCUT2D eigenvalue weighted by atomic mass is 19.3. The van der Waals surface area contributed by atoms with Gasteiger partial charge in [-0.15, -0.1) is 0 Å². The molecule has 0 spiro atoms. The minimum Gasteiger partial charge on any atom is -0.508 e. The number of halogens is 3. The number of carboxylic acid groups (broad SMARTS) is 1. The van der Waals surface area contributed by atoms with E-state index in [-0.39, 0.29) is 28.9 Å². The summed E-state index contributed by atoms with van der Waals surface area (Å²) in [5.41, 5.74) is -1.77. The first-order chi connectivity index (χ1) is 16.7. The van der Waals surface area contributed by atoms with Crippen LogP contribution in [0.4, 0.5) is 13.2 Å². The summed E-state index contributed by atoms with van der Waals surface area (Å²) in [5.74, 6) is -8.21. The molecule has 8 nitrogen and oxygen atoms in total. The predicted molar refractivity (Wildman–Crippen MR) is 122 cm³/mol. The van der Waals surface area contributed by atoms with Crippen molar-refractivity contribution in [2.45, 2.75) is 51.3 Å². The molecule has 1 aliphatic rings. The summed E-state index contributed by atoms with van der Waals surface area (Å²) < 4.78 is 43.1. The van der Waals surface area contributed by atoms with Crippen molar-refractivity contribution in [1.29, 1.82) is 0 Å². The number of rotatable bonds is 7. The number of aromatic hydroxyl groups is 1. The molecule has 2 aromatic rings. The number of carbonyl (C=O) groups is 3. The van der Waals surface area contributed by atoms with Gasteiger partial charge in [0.05, 0.1) is 18.1 Å². The fourth-order valence-electron chi connectivity index (χ4n) is 4.36. The maximum atomic E-state index is 14.7. The first-order valence-corrected chi connectivity index (χ1v) is 11.1. The second-order valence-corrected chi connectivity index (χ2v) is 9.44. The van der Waals surface area contributed by atoms with Gasteiger partial charge in [0.15, 0.2) is 0 Å². The van der Waals surface area contributed by atoms with Crippen LogP contribution < -0.4 is 5.32 Å². The van der Waals surface area contributed by atoms with Gasteiger partial charge in [-0.1, -0.05) is 32.0 Å². The molecule has 2 amide bonds. The molecule has 1 heterocycles. The molecule has 2 aromatic carbocycles. The molecular weight excluding hydrogens is 481 g/mol. The summed E-state index contributed by atoms with van der Waals surface area (Å²) in [6, 6.07) is 5.35. The topological polar surface area (TPSA) is 127 Å². The third kappa shape index (κ3) is 5.01. The fourth-order valence-corrected chi connectivity index (χ4v) is 4.36. The van der Waals surface area contributed by atoms with Gasteiger partial charge < -0.3 is 25.5 Å². The molecule has 0 aromatic heterocycles. The summed E-state index contributed by atoms with van der Waals surface area (Å²) in [7, 11) is 0. The number of carboxylic acids is 1. The fraction of sp³-hybridized carbons (Fsp3) is 0.400. The van der Waals surface area contributed by atoms with Crippen LogP contribution in [-0.4, -0.2) is 68.7 Å². The summed E-state index contributed by atoms with van der Waals surface area (Å²) in [5, 5.41) is 32.8. The van der Waals surface area contributed by atoms with Gasteiger partial charge in [0, 0.05) is 17.5 Å². The van der Waals surface area contributed by atoms with Crippen molar-refractivity contribution in [3.8, 4) is 5.75 Å². The number of aliphatic hydroxyl groups is 1. The molecule has 1 aliphatic heterocycles. The molecular formula is C25H27F3N2O6. The molecule has 0 radical (unpaired) electrons. The van der Waals surface area contributed by atoms with Crippen molar-refractivity contribution in [2.75, 3.05) is 6.54 Å². The number of alkyl halides is 2. The summed E-state index contributed by atoms with van der Waals surface area (Å²) in [6.45, 7) is 2.24. The monoisotopic (exact) mass is 508 g/mol. The van der Waals surface area contributed by atoms with Gasteiger partial charge in [0.1, 0.15) is 23.7 Å². The molecule has 0 saturated carbocycles. The van der Waals surface area contributed by atoms with Gasteiger partial charge in [0.2, 0.25) is 5.91 Å². The summed E-state index contributed by atoms with van der Waals surface area (Å²) in [6.07, 6.45) is -2.08. The molecule has 1 saturated heterocycles. The van der Waals surface area contributed by atoms with Crippen molar-refractivity contribution in [3.63, 3.8) is 0 Å².